The summed E-state index contributed by atoms with van der Waals surface area (Å²) in [5.74, 6) is 0.922. The lowest BCUT2D eigenvalue weighted by Gasteiger charge is -2.35. The molecule has 1 atom stereocenters. The smallest absolute Gasteiger partial charge is 0.140 e. The molecule has 4 nitrogen and oxygen atoms in total. The van der Waals surface area contributed by atoms with Crippen molar-refractivity contribution in [2.75, 3.05) is 19.6 Å². The second-order valence-corrected chi connectivity index (χ2v) is 6.03. The van der Waals surface area contributed by atoms with E-state index in [1.165, 1.54) is 11.3 Å². The summed E-state index contributed by atoms with van der Waals surface area (Å²) in [6.07, 6.45) is 6.94. The summed E-state index contributed by atoms with van der Waals surface area (Å²) in [6, 6.07) is 0.525. The Morgan fingerprint density at radius 2 is 2.45 bits per heavy atom. The van der Waals surface area contributed by atoms with Crippen molar-refractivity contribution in [2.45, 2.75) is 33.2 Å². The molecule has 0 aliphatic carbocycles. The van der Waals surface area contributed by atoms with Crippen LogP contribution in [0.1, 0.15) is 27.2 Å². The number of hydrogen-bond donors (Lipinski definition) is 2. The van der Waals surface area contributed by atoms with Gasteiger partial charge in [-0.2, -0.15) is 0 Å². The number of piperazine rings is 1. The first-order valence-electron chi connectivity index (χ1n) is 7.18. The molecule has 2 N–H and O–H groups in total. The molecular formula is C15H23BrN4. The molecule has 1 unspecified atom stereocenters. The van der Waals surface area contributed by atoms with Crippen LogP contribution in [0.25, 0.3) is 0 Å². The summed E-state index contributed by atoms with van der Waals surface area (Å²) in [6.45, 7) is 9.62. The Morgan fingerprint density at radius 1 is 1.65 bits per heavy atom. The highest BCUT2D eigenvalue weighted by Gasteiger charge is 2.23. The van der Waals surface area contributed by atoms with Gasteiger partial charge in [-0.05, 0) is 42.4 Å². The Labute approximate surface area is 129 Å². The molecule has 0 aromatic carbocycles. The van der Waals surface area contributed by atoms with Crippen LogP contribution in [-0.2, 0) is 0 Å². The molecule has 2 aliphatic heterocycles. The molecule has 0 radical (unpaired) electrons. The number of nitrogens with zero attached hydrogens (tertiary/aromatic N) is 2. The number of amidine groups is 1. The van der Waals surface area contributed by atoms with Crippen LogP contribution in [0, 0.1) is 0 Å². The van der Waals surface area contributed by atoms with Gasteiger partial charge in [0.1, 0.15) is 5.84 Å². The predicted octanol–water partition coefficient (Wildman–Crippen LogP) is 2.72. The van der Waals surface area contributed by atoms with Crippen LogP contribution in [0.15, 0.2) is 39.2 Å². The third-order valence-corrected chi connectivity index (χ3v) is 4.16. The van der Waals surface area contributed by atoms with Crippen LogP contribution < -0.4 is 10.6 Å². The molecule has 1 saturated heterocycles. The summed E-state index contributed by atoms with van der Waals surface area (Å²) >= 11 is 3.62. The normalized spacial score (nSPS) is 25.8. The Bertz CT molecular complexity index is 476. The number of halogens is 1. The lowest BCUT2D eigenvalue weighted by molar-refractivity contribution is 0.255. The fraction of sp³-hybridized carbons (Fsp3) is 0.533. The van der Waals surface area contributed by atoms with E-state index in [1.54, 1.807) is 0 Å². The molecule has 0 spiro atoms. The average molecular weight is 339 g/mol. The van der Waals surface area contributed by atoms with Crippen molar-refractivity contribution in [2.24, 2.45) is 4.99 Å². The fourth-order valence-electron chi connectivity index (χ4n) is 2.47. The first-order valence-corrected chi connectivity index (χ1v) is 7.97. The largest absolute Gasteiger partial charge is 0.372 e. The lowest BCUT2D eigenvalue weighted by Crippen LogP contribution is -2.48. The van der Waals surface area contributed by atoms with Gasteiger partial charge in [-0.15, -0.1) is 0 Å². The topological polar surface area (TPSA) is 39.7 Å². The van der Waals surface area contributed by atoms with Gasteiger partial charge in [0.25, 0.3) is 0 Å². The van der Waals surface area contributed by atoms with Crippen LogP contribution in [0.5, 0.6) is 0 Å². The maximum atomic E-state index is 4.45. The molecule has 0 saturated carbocycles. The van der Waals surface area contributed by atoms with Crippen LogP contribution >= 0.6 is 15.9 Å². The van der Waals surface area contributed by atoms with Crippen LogP contribution in [0.3, 0.4) is 0 Å². The van der Waals surface area contributed by atoms with Crippen LogP contribution in [-0.4, -0.2) is 36.4 Å². The van der Waals surface area contributed by atoms with E-state index >= 15 is 0 Å². The monoisotopic (exact) mass is 338 g/mol. The highest BCUT2D eigenvalue weighted by Crippen LogP contribution is 2.28. The number of rotatable bonds is 3. The highest BCUT2D eigenvalue weighted by atomic mass is 79.9. The number of allylic oxidation sites excluding steroid dienone is 2. The van der Waals surface area contributed by atoms with Crippen LogP contribution in [0.4, 0.5) is 0 Å². The molecule has 0 aromatic rings. The van der Waals surface area contributed by atoms with E-state index in [9.17, 15) is 0 Å². The van der Waals surface area contributed by atoms with Gasteiger partial charge >= 0.3 is 0 Å². The van der Waals surface area contributed by atoms with Gasteiger partial charge in [0.15, 0.2) is 0 Å². The van der Waals surface area contributed by atoms with Gasteiger partial charge in [-0.1, -0.05) is 13.0 Å². The molecule has 2 rings (SSSR count). The van der Waals surface area contributed by atoms with Crippen molar-refractivity contribution >= 4 is 21.8 Å². The molecule has 2 heterocycles. The van der Waals surface area contributed by atoms with E-state index < -0.39 is 0 Å². The zero-order valence-electron chi connectivity index (χ0n) is 12.4. The van der Waals surface area contributed by atoms with Gasteiger partial charge in [-0.3, -0.25) is 0 Å². The molecule has 110 valence electrons. The zero-order valence-corrected chi connectivity index (χ0v) is 14.0. The second-order valence-electron chi connectivity index (χ2n) is 5.17. The van der Waals surface area contributed by atoms with Crippen molar-refractivity contribution < 1.29 is 0 Å². The third-order valence-electron chi connectivity index (χ3n) is 3.56. The first-order chi connectivity index (χ1) is 9.63. The van der Waals surface area contributed by atoms with E-state index in [0.717, 1.165) is 36.4 Å². The van der Waals surface area contributed by atoms with E-state index in [4.69, 9.17) is 0 Å². The summed E-state index contributed by atoms with van der Waals surface area (Å²) < 4.78 is 1.05. The van der Waals surface area contributed by atoms with Gasteiger partial charge in [0.05, 0.1) is 5.57 Å². The number of aliphatic imine (C=N–C) groups is 1. The Hall–Kier alpha value is -1.07. The number of nitrogens with one attached hydrogen (secondary N) is 2. The Balaban J connectivity index is 2.17. The molecule has 5 heteroatoms. The first kappa shape index (κ1) is 15.3. The fourth-order valence-corrected chi connectivity index (χ4v) is 3.04. The van der Waals surface area contributed by atoms with Crippen molar-refractivity contribution in [1.82, 2.24) is 15.5 Å². The van der Waals surface area contributed by atoms with Crippen molar-refractivity contribution in [3.05, 3.63) is 34.2 Å². The van der Waals surface area contributed by atoms with Gasteiger partial charge in [0, 0.05) is 42.1 Å². The van der Waals surface area contributed by atoms with Gasteiger partial charge in [-0.25, -0.2) is 4.99 Å². The molecule has 2 aliphatic rings. The average Bonchev–Trinajstić information content (AvgIpc) is 2.79. The minimum absolute atomic E-state index is 0.525. The van der Waals surface area contributed by atoms with E-state index in [-0.39, 0.29) is 0 Å². The zero-order chi connectivity index (χ0) is 14.5. The standard InChI is InChI=1S/C15H23BrN4/c1-4-5-6-18-15-14(13(16)9-19-15)12(3)20-8-7-17-11(2)10-20/h5-6,9,11,17H,4,7-8,10H2,1-3H3,(H,18,19)/b6-5+,14-12+. The van der Waals surface area contributed by atoms with E-state index in [0.29, 0.717) is 6.04 Å². The summed E-state index contributed by atoms with van der Waals surface area (Å²) in [7, 11) is 0. The van der Waals surface area contributed by atoms with Crippen molar-refractivity contribution in [3.63, 3.8) is 0 Å². The minimum atomic E-state index is 0.525. The molecule has 20 heavy (non-hydrogen) atoms. The molecule has 1 fully saturated rings. The molecule has 0 amide bonds. The summed E-state index contributed by atoms with van der Waals surface area (Å²) in [4.78, 5) is 6.88. The SMILES string of the molecule is CC/C=C/NC1=NC=C(Br)/C1=C(/C)N1CCNC(C)C1. The Morgan fingerprint density at radius 3 is 3.15 bits per heavy atom. The number of hydrogen-bond acceptors (Lipinski definition) is 4. The summed E-state index contributed by atoms with van der Waals surface area (Å²) in [5.41, 5.74) is 2.44. The summed E-state index contributed by atoms with van der Waals surface area (Å²) in [5, 5.41) is 6.76. The third kappa shape index (κ3) is 3.52. The molecule has 0 bridgehead atoms. The van der Waals surface area contributed by atoms with Crippen molar-refractivity contribution in [1.29, 1.82) is 0 Å². The van der Waals surface area contributed by atoms with Gasteiger partial charge in [0.2, 0.25) is 0 Å². The Kier molecular flexibility index (Phi) is 5.43. The molecule has 0 aromatic heterocycles. The maximum absolute atomic E-state index is 4.45. The van der Waals surface area contributed by atoms with Crippen LogP contribution in [0.2, 0.25) is 0 Å². The van der Waals surface area contributed by atoms with E-state index in [2.05, 4.69) is 63.3 Å². The highest BCUT2D eigenvalue weighted by molar-refractivity contribution is 9.12. The minimum Gasteiger partial charge on any atom is -0.372 e. The molecular weight excluding hydrogens is 316 g/mol. The second kappa shape index (κ2) is 7.09. The van der Waals surface area contributed by atoms with Crippen molar-refractivity contribution in [3.8, 4) is 0 Å². The quantitative estimate of drug-likeness (QED) is 0.831. The van der Waals surface area contributed by atoms with Gasteiger partial charge < -0.3 is 15.5 Å². The maximum Gasteiger partial charge on any atom is 0.140 e. The van der Waals surface area contributed by atoms with E-state index in [1.807, 2.05) is 12.4 Å². The predicted molar refractivity (Wildman–Crippen MR) is 88.7 cm³/mol. The lowest BCUT2D eigenvalue weighted by atomic mass is 10.1.